The first-order chi connectivity index (χ1) is 8.20. The minimum absolute atomic E-state index is 0. The largest absolute Gasteiger partial charge is 0.314 e. The van der Waals surface area contributed by atoms with Crippen molar-refractivity contribution >= 4 is 36.4 Å². The molecule has 0 spiro atoms. The van der Waals surface area contributed by atoms with Crippen LogP contribution in [-0.4, -0.2) is 31.1 Å². The van der Waals surface area contributed by atoms with Gasteiger partial charge in [0.15, 0.2) is 0 Å². The first-order valence-corrected chi connectivity index (χ1v) is 6.12. The fraction of sp³-hybridized carbons (Fsp3) is 0.385. The molecule has 0 aliphatic carbocycles. The second kappa shape index (κ2) is 8.77. The molecule has 0 amide bonds. The van der Waals surface area contributed by atoms with E-state index in [-0.39, 0.29) is 36.7 Å². The Morgan fingerprint density at radius 1 is 1.26 bits per heavy atom. The predicted octanol–water partition coefficient (Wildman–Crippen LogP) is 3.46. The molecule has 1 saturated heterocycles. The van der Waals surface area contributed by atoms with Gasteiger partial charge in [-0.1, -0.05) is 17.7 Å². The van der Waals surface area contributed by atoms with Gasteiger partial charge in [-0.25, -0.2) is 4.39 Å². The van der Waals surface area contributed by atoms with Crippen molar-refractivity contribution in [3.63, 3.8) is 0 Å². The molecule has 0 radical (unpaired) electrons. The molecule has 1 fully saturated rings. The summed E-state index contributed by atoms with van der Waals surface area (Å²) in [7, 11) is 0. The van der Waals surface area contributed by atoms with Crippen molar-refractivity contribution in [1.82, 2.24) is 10.2 Å². The summed E-state index contributed by atoms with van der Waals surface area (Å²) in [5.41, 5.74) is 0.868. The van der Waals surface area contributed by atoms with Crippen LogP contribution in [-0.2, 0) is 0 Å². The number of hydrogen-bond donors (Lipinski definition) is 1. The normalized spacial score (nSPS) is 16.9. The minimum atomic E-state index is -0.297. The van der Waals surface area contributed by atoms with Gasteiger partial charge in [-0.2, -0.15) is 0 Å². The topological polar surface area (TPSA) is 15.3 Å². The molecule has 2 rings (SSSR count). The molecule has 1 aromatic rings. The third-order valence-electron chi connectivity index (χ3n) is 2.99. The zero-order chi connectivity index (χ0) is 12.3. The van der Waals surface area contributed by atoms with E-state index in [4.69, 9.17) is 11.6 Å². The van der Waals surface area contributed by atoms with Crippen molar-refractivity contribution in [3.05, 3.63) is 47.3 Å². The Kier molecular flexibility index (Phi) is 8.62. The number of hydrogen-bond acceptors (Lipinski definition) is 2. The summed E-state index contributed by atoms with van der Waals surface area (Å²) in [5.74, 6) is -0.297. The van der Waals surface area contributed by atoms with Crippen LogP contribution in [0.5, 0.6) is 0 Å². The van der Waals surface area contributed by atoms with Gasteiger partial charge in [0, 0.05) is 31.2 Å². The lowest BCUT2D eigenvalue weighted by Gasteiger charge is -2.33. The zero-order valence-electron chi connectivity index (χ0n) is 10.4. The lowest BCUT2D eigenvalue weighted by atomic mass is 10.0. The summed E-state index contributed by atoms with van der Waals surface area (Å²) in [4.78, 5) is 2.27. The standard InChI is InChI=1S/C13H16ClFN2.2ClH/c1-2-13(17-5-3-16-4-6-17)10-7-11(14)9-12(15)8-10;;/h2,7-9,13,16H,1,3-6H2;2*1H/t13-;;/m1../s1. The maximum absolute atomic E-state index is 13.3. The quantitative estimate of drug-likeness (QED) is 0.855. The SMILES string of the molecule is C=C[C@H](c1cc(F)cc(Cl)c1)N1CCNCC1.Cl.Cl. The molecular formula is C13H18Cl3FN2. The molecule has 0 saturated carbocycles. The number of piperazine rings is 1. The molecule has 0 bridgehead atoms. The average Bonchev–Trinajstić information content (AvgIpc) is 2.30. The molecule has 1 N–H and O–H groups in total. The smallest absolute Gasteiger partial charge is 0.125 e. The van der Waals surface area contributed by atoms with Gasteiger partial charge >= 0.3 is 0 Å². The van der Waals surface area contributed by atoms with Gasteiger partial charge in [0.05, 0.1) is 6.04 Å². The van der Waals surface area contributed by atoms with Gasteiger partial charge in [0.2, 0.25) is 0 Å². The first-order valence-electron chi connectivity index (χ1n) is 5.74. The summed E-state index contributed by atoms with van der Waals surface area (Å²) in [6, 6.07) is 4.69. The van der Waals surface area contributed by atoms with Crippen molar-refractivity contribution in [2.24, 2.45) is 0 Å². The highest BCUT2D eigenvalue weighted by Gasteiger charge is 2.20. The summed E-state index contributed by atoms with van der Waals surface area (Å²) in [6.07, 6.45) is 1.84. The van der Waals surface area contributed by atoms with Crippen LogP contribution in [0.25, 0.3) is 0 Å². The average molecular weight is 328 g/mol. The highest BCUT2D eigenvalue weighted by molar-refractivity contribution is 6.30. The van der Waals surface area contributed by atoms with Crippen LogP contribution in [0.15, 0.2) is 30.9 Å². The Morgan fingerprint density at radius 2 is 1.89 bits per heavy atom. The second-order valence-corrected chi connectivity index (χ2v) is 4.61. The Labute approximate surface area is 130 Å². The van der Waals surface area contributed by atoms with Crippen LogP contribution in [0.1, 0.15) is 11.6 Å². The van der Waals surface area contributed by atoms with E-state index in [0.29, 0.717) is 5.02 Å². The monoisotopic (exact) mass is 326 g/mol. The molecule has 1 aliphatic heterocycles. The van der Waals surface area contributed by atoms with Gasteiger partial charge in [-0.05, 0) is 23.8 Å². The van der Waals surface area contributed by atoms with Crippen molar-refractivity contribution in [1.29, 1.82) is 0 Å². The lowest BCUT2D eigenvalue weighted by molar-refractivity contribution is 0.203. The lowest BCUT2D eigenvalue weighted by Crippen LogP contribution is -2.44. The number of halogens is 4. The molecule has 6 heteroatoms. The van der Waals surface area contributed by atoms with E-state index < -0.39 is 0 Å². The van der Waals surface area contributed by atoms with E-state index in [1.807, 2.05) is 6.08 Å². The van der Waals surface area contributed by atoms with Gasteiger partial charge < -0.3 is 5.32 Å². The van der Waals surface area contributed by atoms with Gasteiger partial charge in [0.25, 0.3) is 0 Å². The molecule has 1 aromatic carbocycles. The molecule has 108 valence electrons. The molecule has 0 unspecified atom stereocenters. The molecule has 2 nitrogen and oxygen atoms in total. The van der Waals surface area contributed by atoms with Gasteiger partial charge in [0.1, 0.15) is 5.82 Å². The molecule has 1 heterocycles. The number of nitrogens with zero attached hydrogens (tertiary/aromatic N) is 1. The number of nitrogens with one attached hydrogen (secondary N) is 1. The maximum Gasteiger partial charge on any atom is 0.125 e. The molecule has 1 aliphatic rings. The molecule has 1 atom stereocenters. The van der Waals surface area contributed by atoms with Gasteiger partial charge in [-0.3, -0.25) is 4.90 Å². The van der Waals surface area contributed by atoms with E-state index in [1.54, 1.807) is 6.07 Å². The Balaban J connectivity index is 0.00000162. The highest BCUT2D eigenvalue weighted by Crippen LogP contribution is 2.25. The number of benzene rings is 1. The van der Waals surface area contributed by atoms with E-state index in [2.05, 4.69) is 16.8 Å². The van der Waals surface area contributed by atoms with E-state index in [9.17, 15) is 4.39 Å². The molecular weight excluding hydrogens is 310 g/mol. The van der Waals surface area contributed by atoms with Crippen LogP contribution in [0.3, 0.4) is 0 Å². The summed E-state index contributed by atoms with van der Waals surface area (Å²) < 4.78 is 13.3. The van der Waals surface area contributed by atoms with Crippen LogP contribution >= 0.6 is 36.4 Å². The van der Waals surface area contributed by atoms with Crippen molar-refractivity contribution < 1.29 is 4.39 Å². The van der Waals surface area contributed by atoms with Crippen LogP contribution in [0.4, 0.5) is 4.39 Å². The summed E-state index contributed by atoms with van der Waals surface area (Å²) in [6.45, 7) is 7.62. The van der Waals surface area contributed by atoms with Crippen LogP contribution in [0, 0.1) is 5.82 Å². The Bertz CT molecular complexity index is 389. The maximum atomic E-state index is 13.3. The molecule has 19 heavy (non-hydrogen) atoms. The van der Waals surface area contributed by atoms with Crippen molar-refractivity contribution in [2.75, 3.05) is 26.2 Å². The van der Waals surface area contributed by atoms with E-state index in [1.165, 1.54) is 12.1 Å². The second-order valence-electron chi connectivity index (χ2n) is 4.17. The highest BCUT2D eigenvalue weighted by atomic mass is 35.5. The van der Waals surface area contributed by atoms with E-state index in [0.717, 1.165) is 31.7 Å². The zero-order valence-corrected chi connectivity index (χ0v) is 12.8. The third-order valence-corrected chi connectivity index (χ3v) is 3.21. The van der Waals surface area contributed by atoms with Crippen molar-refractivity contribution in [3.8, 4) is 0 Å². The minimum Gasteiger partial charge on any atom is -0.314 e. The summed E-state index contributed by atoms with van der Waals surface area (Å²) >= 11 is 5.88. The third kappa shape index (κ3) is 4.93. The Morgan fingerprint density at radius 3 is 2.42 bits per heavy atom. The predicted molar refractivity (Wildman–Crippen MR) is 83.3 cm³/mol. The van der Waals surface area contributed by atoms with Crippen LogP contribution < -0.4 is 5.32 Å². The fourth-order valence-electron chi connectivity index (χ4n) is 2.20. The number of rotatable bonds is 3. The molecule has 0 aromatic heterocycles. The Hall–Kier alpha value is -0.320. The van der Waals surface area contributed by atoms with Gasteiger partial charge in [-0.15, -0.1) is 31.4 Å². The fourth-order valence-corrected chi connectivity index (χ4v) is 2.43. The summed E-state index contributed by atoms with van der Waals surface area (Å²) in [5, 5.41) is 3.72. The van der Waals surface area contributed by atoms with Crippen molar-refractivity contribution in [2.45, 2.75) is 6.04 Å². The van der Waals surface area contributed by atoms with E-state index >= 15 is 0 Å². The first kappa shape index (κ1) is 18.7. The van der Waals surface area contributed by atoms with Crippen LogP contribution in [0.2, 0.25) is 5.02 Å².